The monoisotopic (exact) mass is 248 g/mol. The van der Waals surface area contributed by atoms with E-state index in [1.807, 2.05) is 6.92 Å². The number of rotatable bonds is 4. The minimum Gasteiger partial charge on any atom is -0.383 e. The van der Waals surface area contributed by atoms with Gasteiger partial charge in [-0.25, -0.2) is 9.97 Å². The van der Waals surface area contributed by atoms with Crippen LogP contribution >= 0.6 is 0 Å². The zero-order valence-electron chi connectivity index (χ0n) is 11.9. The maximum absolute atomic E-state index is 5.99. The molecular weight excluding hydrogens is 224 g/mol. The first-order valence-electron chi connectivity index (χ1n) is 6.89. The van der Waals surface area contributed by atoms with Crippen molar-refractivity contribution in [2.75, 3.05) is 11.1 Å². The van der Waals surface area contributed by atoms with Crippen molar-refractivity contribution in [2.24, 2.45) is 0 Å². The lowest BCUT2D eigenvalue weighted by atomic mass is 9.75. The van der Waals surface area contributed by atoms with E-state index in [1.54, 1.807) is 0 Å². The minimum atomic E-state index is 0.236. The van der Waals surface area contributed by atoms with Gasteiger partial charge in [-0.15, -0.1) is 0 Å². The van der Waals surface area contributed by atoms with Crippen molar-refractivity contribution < 1.29 is 0 Å². The fourth-order valence-corrected chi connectivity index (χ4v) is 2.35. The van der Waals surface area contributed by atoms with Gasteiger partial charge in [0.1, 0.15) is 17.5 Å². The van der Waals surface area contributed by atoms with Gasteiger partial charge in [0.2, 0.25) is 0 Å². The van der Waals surface area contributed by atoms with E-state index in [0.717, 1.165) is 23.6 Å². The molecule has 1 fully saturated rings. The van der Waals surface area contributed by atoms with Crippen LogP contribution in [-0.4, -0.2) is 15.5 Å². The van der Waals surface area contributed by atoms with Crippen LogP contribution in [0.2, 0.25) is 0 Å². The minimum absolute atomic E-state index is 0.236. The predicted molar refractivity (Wildman–Crippen MR) is 75.8 cm³/mol. The third kappa shape index (κ3) is 2.28. The van der Waals surface area contributed by atoms with E-state index in [0.29, 0.717) is 11.7 Å². The third-order valence-corrected chi connectivity index (χ3v) is 4.09. The average molecular weight is 248 g/mol. The van der Waals surface area contributed by atoms with E-state index in [-0.39, 0.29) is 5.54 Å². The number of nitrogens with zero attached hydrogens (tertiary/aromatic N) is 2. The number of hydrogen-bond acceptors (Lipinski definition) is 4. The summed E-state index contributed by atoms with van der Waals surface area (Å²) in [7, 11) is 0. The van der Waals surface area contributed by atoms with Crippen molar-refractivity contribution in [3.63, 3.8) is 0 Å². The van der Waals surface area contributed by atoms with Crippen LogP contribution in [-0.2, 0) is 0 Å². The molecule has 0 spiro atoms. The molecule has 3 N–H and O–H groups in total. The van der Waals surface area contributed by atoms with Crippen molar-refractivity contribution in [3.05, 3.63) is 11.4 Å². The molecule has 1 saturated carbocycles. The maximum atomic E-state index is 5.99. The Balaban J connectivity index is 2.31. The number of nitrogen functional groups attached to an aromatic ring is 1. The Morgan fingerprint density at radius 3 is 2.44 bits per heavy atom. The molecule has 2 rings (SSSR count). The summed E-state index contributed by atoms with van der Waals surface area (Å²) < 4.78 is 0. The molecule has 0 amide bonds. The fraction of sp³-hybridized carbons (Fsp3) is 0.714. The van der Waals surface area contributed by atoms with Crippen molar-refractivity contribution in [3.8, 4) is 0 Å². The largest absolute Gasteiger partial charge is 0.383 e. The van der Waals surface area contributed by atoms with E-state index < -0.39 is 0 Å². The van der Waals surface area contributed by atoms with Gasteiger partial charge in [0.25, 0.3) is 0 Å². The summed E-state index contributed by atoms with van der Waals surface area (Å²) in [4.78, 5) is 9.00. The molecule has 0 saturated heterocycles. The zero-order chi connectivity index (χ0) is 13.3. The number of nitrogens with two attached hydrogens (primary N) is 1. The smallest absolute Gasteiger partial charge is 0.135 e. The van der Waals surface area contributed by atoms with Gasteiger partial charge in [0, 0.05) is 17.0 Å². The van der Waals surface area contributed by atoms with Gasteiger partial charge in [-0.2, -0.15) is 0 Å². The molecule has 18 heavy (non-hydrogen) atoms. The SMILES string of the molecule is CCC1(Nc2nc(C(C)C)nc(N)c2C)CCC1. The van der Waals surface area contributed by atoms with Crippen LogP contribution in [0.3, 0.4) is 0 Å². The highest BCUT2D eigenvalue weighted by Gasteiger charge is 2.35. The first-order valence-corrected chi connectivity index (χ1v) is 6.89. The van der Waals surface area contributed by atoms with Gasteiger partial charge in [-0.3, -0.25) is 0 Å². The summed E-state index contributed by atoms with van der Waals surface area (Å²) in [6.45, 7) is 8.40. The molecule has 0 unspecified atom stereocenters. The van der Waals surface area contributed by atoms with Crippen LogP contribution in [0.15, 0.2) is 0 Å². The molecule has 4 nitrogen and oxygen atoms in total. The van der Waals surface area contributed by atoms with Gasteiger partial charge in [-0.05, 0) is 32.6 Å². The van der Waals surface area contributed by atoms with Crippen molar-refractivity contribution in [1.29, 1.82) is 0 Å². The first-order chi connectivity index (χ1) is 8.47. The molecule has 0 atom stereocenters. The third-order valence-electron chi connectivity index (χ3n) is 4.09. The standard InChI is InChI=1S/C14H24N4/c1-5-14(7-6-8-14)18-13-10(4)11(15)16-12(17-13)9(2)3/h9H,5-8H2,1-4H3,(H3,15,16,17,18). The van der Waals surface area contributed by atoms with Crippen molar-refractivity contribution >= 4 is 11.6 Å². The second kappa shape index (κ2) is 4.75. The first kappa shape index (κ1) is 13.1. The molecule has 100 valence electrons. The summed E-state index contributed by atoms with van der Waals surface area (Å²) in [6.07, 6.45) is 4.89. The normalized spacial score (nSPS) is 17.6. The van der Waals surface area contributed by atoms with E-state index in [9.17, 15) is 0 Å². The molecule has 0 aliphatic heterocycles. The van der Waals surface area contributed by atoms with Crippen molar-refractivity contribution in [1.82, 2.24) is 9.97 Å². The van der Waals surface area contributed by atoms with Crippen molar-refractivity contribution in [2.45, 2.75) is 64.8 Å². The van der Waals surface area contributed by atoms with Gasteiger partial charge >= 0.3 is 0 Å². The Bertz CT molecular complexity index is 430. The van der Waals surface area contributed by atoms with Crippen LogP contribution in [0.4, 0.5) is 11.6 Å². The highest BCUT2D eigenvalue weighted by molar-refractivity contribution is 5.56. The second-order valence-corrected chi connectivity index (χ2v) is 5.71. The Kier molecular flexibility index (Phi) is 3.46. The zero-order valence-corrected chi connectivity index (χ0v) is 11.9. The summed E-state index contributed by atoms with van der Waals surface area (Å²) in [5, 5.41) is 3.61. The summed E-state index contributed by atoms with van der Waals surface area (Å²) in [5.41, 5.74) is 7.20. The molecule has 1 aliphatic carbocycles. The molecule has 1 heterocycles. The lowest BCUT2D eigenvalue weighted by molar-refractivity contribution is 0.268. The number of anilines is 2. The van der Waals surface area contributed by atoms with E-state index in [2.05, 4.69) is 36.1 Å². The molecule has 4 heteroatoms. The van der Waals surface area contributed by atoms with E-state index in [1.165, 1.54) is 19.3 Å². The van der Waals surface area contributed by atoms with Crippen LogP contribution in [0.5, 0.6) is 0 Å². The Morgan fingerprint density at radius 1 is 1.33 bits per heavy atom. The van der Waals surface area contributed by atoms with Gasteiger partial charge < -0.3 is 11.1 Å². The number of aromatic nitrogens is 2. The number of nitrogens with one attached hydrogen (secondary N) is 1. The van der Waals surface area contributed by atoms with Crippen LogP contribution < -0.4 is 11.1 Å². The molecule has 0 radical (unpaired) electrons. The van der Waals surface area contributed by atoms with E-state index >= 15 is 0 Å². The molecule has 1 aromatic heterocycles. The molecule has 0 bridgehead atoms. The summed E-state index contributed by atoms with van der Waals surface area (Å²) in [6, 6.07) is 0. The van der Waals surface area contributed by atoms with Gasteiger partial charge in [-0.1, -0.05) is 20.8 Å². The highest BCUT2D eigenvalue weighted by atomic mass is 15.1. The lowest BCUT2D eigenvalue weighted by Crippen LogP contribution is -2.44. The van der Waals surface area contributed by atoms with Crippen LogP contribution in [0, 0.1) is 6.92 Å². The molecule has 1 aromatic rings. The van der Waals surface area contributed by atoms with E-state index in [4.69, 9.17) is 5.73 Å². The second-order valence-electron chi connectivity index (χ2n) is 5.71. The highest BCUT2D eigenvalue weighted by Crippen LogP contribution is 2.38. The molecule has 0 aromatic carbocycles. The average Bonchev–Trinajstić information content (AvgIpc) is 2.28. The number of hydrogen-bond donors (Lipinski definition) is 2. The molecule has 1 aliphatic rings. The predicted octanol–water partition coefficient (Wildman–Crippen LogP) is 3.24. The topological polar surface area (TPSA) is 63.8 Å². The van der Waals surface area contributed by atoms with Gasteiger partial charge in [0.05, 0.1) is 0 Å². The quantitative estimate of drug-likeness (QED) is 0.858. The van der Waals surface area contributed by atoms with Gasteiger partial charge in [0.15, 0.2) is 0 Å². The summed E-state index contributed by atoms with van der Waals surface area (Å²) >= 11 is 0. The Hall–Kier alpha value is -1.32. The van der Waals surface area contributed by atoms with Crippen LogP contribution in [0.25, 0.3) is 0 Å². The lowest BCUT2D eigenvalue weighted by Gasteiger charge is -2.42. The Labute approximate surface area is 109 Å². The fourth-order valence-electron chi connectivity index (χ4n) is 2.35. The molecular formula is C14H24N4. The summed E-state index contributed by atoms with van der Waals surface area (Å²) in [5.74, 6) is 2.65. The van der Waals surface area contributed by atoms with Crippen LogP contribution in [0.1, 0.15) is 63.8 Å². The Morgan fingerprint density at radius 2 is 2.00 bits per heavy atom. The maximum Gasteiger partial charge on any atom is 0.135 e.